The molecule has 0 atom stereocenters. The van der Waals surface area contributed by atoms with E-state index >= 15 is 0 Å². The number of aromatic hydroxyl groups is 1. The summed E-state index contributed by atoms with van der Waals surface area (Å²) < 4.78 is 85.3. The van der Waals surface area contributed by atoms with Crippen LogP contribution in [0.4, 0.5) is 26.3 Å². The first-order valence-electron chi connectivity index (χ1n) is 9.42. The summed E-state index contributed by atoms with van der Waals surface area (Å²) in [5.41, 5.74) is -6.70. The van der Waals surface area contributed by atoms with E-state index in [1.165, 1.54) is 0 Å². The van der Waals surface area contributed by atoms with Gasteiger partial charge in [-0.2, -0.15) is 26.3 Å². The molecule has 0 aliphatic carbocycles. The van der Waals surface area contributed by atoms with E-state index in [4.69, 9.17) is 4.74 Å². The molecule has 0 spiro atoms. The van der Waals surface area contributed by atoms with Crippen LogP contribution in [0, 0.1) is 0 Å². The summed E-state index contributed by atoms with van der Waals surface area (Å²) in [7, 11) is 0. The summed E-state index contributed by atoms with van der Waals surface area (Å²) in [4.78, 5) is 13.7. The van der Waals surface area contributed by atoms with Crippen molar-refractivity contribution in [2.75, 3.05) is 6.61 Å². The summed E-state index contributed by atoms with van der Waals surface area (Å²) in [6, 6.07) is 2.19. The van der Waals surface area contributed by atoms with Crippen LogP contribution in [-0.4, -0.2) is 38.7 Å². The highest BCUT2D eigenvalue weighted by Gasteiger charge is 2.71. The summed E-state index contributed by atoms with van der Waals surface area (Å²) in [6.07, 6.45) is -9.39. The van der Waals surface area contributed by atoms with Gasteiger partial charge < -0.3 is 19.9 Å². The van der Waals surface area contributed by atoms with Gasteiger partial charge in [-0.3, -0.25) is 4.57 Å². The highest BCUT2D eigenvalue weighted by molar-refractivity contribution is 5.41. The number of aromatic nitrogens is 2. The molecule has 0 fully saturated rings. The van der Waals surface area contributed by atoms with Crippen molar-refractivity contribution < 1.29 is 41.3 Å². The van der Waals surface area contributed by atoms with Crippen molar-refractivity contribution in [3.8, 4) is 11.6 Å². The molecule has 0 unspecified atom stereocenters. The van der Waals surface area contributed by atoms with Crippen molar-refractivity contribution in [3.05, 3.63) is 46.0 Å². The number of aromatic amines is 1. The Bertz CT molecular complexity index is 919. The van der Waals surface area contributed by atoms with Crippen molar-refractivity contribution in [1.82, 2.24) is 9.55 Å². The maximum atomic E-state index is 13.1. The lowest BCUT2D eigenvalue weighted by atomic mass is 9.90. The molecule has 1 aromatic carbocycles. The fraction of sp³-hybridized carbons (Fsp3) is 0.526. The highest BCUT2D eigenvalue weighted by atomic mass is 19.4. The van der Waals surface area contributed by atoms with Crippen LogP contribution >= 0.6 is 0 Å². The van der Waals surface area contributed by atoms with E-state index in [2.05, 4.69) is 4.98 Å². The first-order valence-corrected chi connectivity index (χ1v) is 9.42. The number of hydrogen-bond acceptors (Lipinski definition) is 4. The van der Waals surface area contributed by atoms with E-state index in [0.717, 1.165) is 16.8 Å². The molecule has 0 saturated carbocycles. The van der Waals surface area contributed by atoms with Crippen LogP contribution in [0.2, 0.25) is 0 Å². The zero-order valence-electron chi connectivity index (χ0n) is 16.5. The number of aryl methyl sites for hydroxylation is 1. The highest BCUT2D eigenvalue weighted by Crippen LogP contribution is 2.50. The van der Waals surface area contributed by atoms with E-state index < -0.39 is 29.2 Å². The Morgan fingerprint density at radius 1 is 1.10 bits per heavy atom. The van der Waals surface area contributed by atoms with Crippen LogP contribution in [0.25, 0.3) is 0 Å². The maximum absolute atomic E-state index is 13.1. The van der Waals surface area contributed by atoms with E-state index in [1.54, 1.807) is 6.92 Å². The first-order chi connectivity index (χ1) is 14.3. The number of rotatable bonds is 9. The largest absolute Gasteiger partial charge is 0.493 e. The SMILES string of the molecule is CCCc1cc(C(O)(C(F)(F)F)C(F)(F)F)ccc1OCCCCn1c(O)c[nH]c1=O. The number of unbranched alkanes of at least 4 members (excludes halogenated alkanes) is 1. The third-order valence-electron chi connectivity index (χ3n) is 4.70. The molecule has 0 bridgehead atoms. The fourth-order valence-corrected chi connectivity index (χ4v) is 3.05. The minimum atomic E-state index is -5.96. The van der Waals surface area contributed by atoms with Gasteiger partial charge in [-0.1, -0.05) is 19.4 Å². The molecule has 0 aliphatic rings. The van der Waals surface area contributed by atoms with Gasteiger partial charge in [0.05, 0.1) is 12.8 Å². The molecule has 0 radical (unpaired) electrons. The molecule has 0 saturated heterocycles. The minimum Gasteiger partial charge on any atom is -0.493 e. The van der Waals surface area contributed by atoms with Crippen molar-refractivity contribution in [3.63, 3.8) is 0 Å². The molecule has 6 nitrogen and oxygen atoms in total. The molecule has 0 amide bonds. The summed E-state index contributed by atoms with van der Waals surface area (Å²) in [5, 5.41) is 19.1. The second-order valence-corrected chi connectivity index (χ2v) is 6.94. The Kier molecular flexibility index (Phi) is 7.35. The quantitative estimate of drug-likeness (QED) is 0.393. The molecule has 12 heteroatoms. The molecule has 174 valence electrons. The van der Waals surface area contributed by atoms with Gasteiger partial charge in [0, 0.05) is 12.1 Å². The normalized spacial score (nSPS) is 12.9. The van der Waals surface area contributed by atoms with Crippen LogP contribution in [-0.2, 0) is 18.6 Å². The fourth-order valence-electron chi connectivity index (χ4n) is 3.05. The van der Waals surface area contributed by atoms with Gasteiger partial charge in [0.25, 0.3) is 5.60 Å². The molecular formula is C19H22F6N2O4. The number of hydrogen-bond donors (Lipinski definition) is 3. The van der Waals surface area contributed by atoms with Gasteiger partial charge in [-0.15, -0.1) is 0 Å². The molecule has 2 aromatic rings. The van der Waals surface area contributed by atoms with Crippen LogP contribution in [0.1, 0.15) is 37.3 Å². The number of nitrogens with one attached hydrogen (secondary N) is 1. The summed E-state index contributed by atoms with van der Waals surface area (Å²) in [5.74, 6) is -0.118. The van der Waals surface area contributed by atoms with Gasteiger partial charge in [0.2, 0.25) is 5.88 Å². The Morgan fingerprint density at radius 2 is 1.74 bits per heavy atom. The zero-order valence-corrected chi connectivity index (χ0v) is 16.5. The van der Waals surface area contributed by atoms with Gasteiger partial charge in [0.15, 0.2) is 0 Å². The van der Waals surface area contributed by atoms with Crippen LogP contribution in [0.3, 0.4) is 0 Å². The molecule has 2 rings (SSSR count). The van der Waals surface area contributed by atoms with Crippen LogP contribution in [0.5, 0.6) is 11.6 Å². The second kappa shape index (κ2) is 9.25. The standard InChI is InChI=1S/C19H22F6N2O4/c1-2-5-12-10-13(17(30,18(20,21)22)19(23,24)25)6-7-14(12)31-9-4-3-8-27-15(28)11-26-16(27)29/h6-7,10-11,28,30H,2-5,8-9H2,1H3,(H,26,29). The van der Waals surface area contributed by atoms with Crippen molar-refractivity contribution >= 4 is 0 Å². The molecule has 1 aromatic heterocycles. The lowest BCUT2D eigenvalue weighted by Gasteiger charge is -2.33. The van der Waals surface area contributed by atoms with Crippen molar-refractivity contribution in [2.45, 2.75) is 57.1 Å². The average molecular weight is 456 g/mol. The summed E-state index contributed by atoms with van der Waals surface area (Å²) in [6.45, 7) is 1.97. The third kappa shape index (κ3) is 5.17. The molecule has 0 aliphatic heterocycles. The number of nitrogens with zero attached hydrogens (tertiary/aromatic N) is 1. The van der Waals surface area contributed by atoms with Crippen LogP contribution < -0.4 is 10.4 Å². The maximum Gasteiger partial charge on any atom is 0.430 e. The number of imidazole rings is 1. The predicted molar refractivity (Wildman–Crippen MR) is 97.9 cm³/mol. The predicted octanol–water partition coefficient (Wildman–Crippen LogP) is 4.01. The Balaban J connectivity index is 2.14. The van der Waals surface area contributed by atoms with E-state index in [9.17, 15) is 41.4 Å². The number of ether oxygens (including phenoxy) is 1. The smallest absolute Gasteiger partial charge is 0.430 e. The monoisotopic (exact) mass is 456 g/mol. The van der Waals surface area contributed by atoms with E-state index in [0.29, 0.717) is 31.4 Å². The van der Waals surface area contributed by atoms with Crippen molar-refractivity contribution in [1.29, 1.82) is 0 Å². The number of alkyl halides is 6. The number of H-pyrrole nitrogens is 1. The lowest BCUT2D eigenvalue weighted by molar-refractivity contribution is -0.376. The number of aliphatic hydroxyl groups is 1. The minimum absolute atomic E-state index is 0.0821. The molecular weight excluding hydrogens is 434 g/mol. The Morgan fingerprint density at radius 3 is 2.26 bits per heavy atom. The molecule has 1 heterocycles. The lowest BCUT2D eigenvalue weighted by Crippen LogP contribution is -2.53. The number of halogens is 6. The van der Waals surface area contributed by atoms with Crippen LogP contribution in [0.15, 0.2) is 29.2 Å². The molecule has 3 N–H and O–H groups in total. The van der Waals surface area contributed by atoms with Crippen molar-refractivity contribution in [2.24, 2.45) is 0 Å². The number of benzene rings is 1. The third-order valence-corrected chi connectivity index (χ3v) is 4.70. The topological polar surface area (TPSA) is 87.5 Å². The van der Waals surface area contributed by atoms with Gasteiger partial charge in [-0.05, 0) is 37.0 Å². The average Bonchev–Trinajstić information content (AvgIpc) is 2.98. The van der Waals surface area contributed by atoms with E-state index in [1.807, 2.05) is 0 Å². The molecule has 31 heavy (non-hydrogen) atoms. The van der Waals surface area contributed by atoms with Gasteiger partial charge in [0.1, 0.15) is 5.75 Å². The zero-order chi connectivity index (χ0) is 23.4. The first kappa shape index (κ1) is 24.6. The Labute approximate surface area is 173 Å². The van der Waals surface area contributed by atoms with E-state index in [-0.39, 0.29) is 36.8 Å². The summed E-state index contributed by atoms with van der Waals surface area (Å²) >= 11 is 0. The Hall–Kier alpha value is -2.63. The second-order valence-electron chi connectivity index (χ2n) is 6.94. The van der Waals surface area contributed by atoms with Gasteiger partial charge >= 0.3 is 18.0 Å². The van der Waals surface area contributed by atoms with Gasteiger partial charge in [-0.25, -0.2) is 4.79 Å².